The highest BCUT2D eigenvalue weighted by Gasteiger charge is 2.33. The van der Waals surface area contributed by atoms with Gasteiger partial charge in [-0.15, -0.1) is 0 Å². The molecule has 4 aromatic rings. The summed E-state index contributed by atoms with van der Waals surface area (Å²) in [7, 11) is -3.74. The molecule has 1 N–H and O–H groups in total. The van der Waals surface area contributed by atoms with Gasteiger partial charge in [-0.1, -0.05) is 55.2 Å². The highest BCUT2D eigenvalue weighted by Crippen LogP contribution is 2.41. The summed E-state index contributed by atoms with van der Waals surface area (Å²) in [5.41, 5.74) is 2.63. The SMILES string of the molecule is CC(C)c1cn(-c2ccc(-c3cc(F)c(CO)c(S(C)(=O)=O)c3)cc2)c(C(C)(C)c2c(Cl)cccc2Cl)n1. The molecule has 4 rings (SSSR count). The molecular weight excluding hydrogens is 546 g/mol. The fourth-order valence-electron chi connectivity index (χ4n) is 4.60. The Bertz CT molecular complexity index is 1590. The Hall–Kier alpha value is -2.71. The summed E-state index contributed by atoms with van der Waals surface area (Å²) in [6, 6.07) is 15.4. The summed E-state index contributed by atoms with van der Waals surface area (Å²) in [6.45, 7) is 7.48. The lowest BCUT2D eigenvalue weighted by Crippen LogP contribution is -2.25. The molecule has 0 bridgehead atoms. The van der Waals surface area contributed by atoms with Crippen molar-refractivity contribution in [1.29, 1.82) is 0 Å². The number of benzene rings is 3. The van der Waals surface area contributed by atoms with E-state index in [1.54, 1.807) is 18.2 Å². The molecule has 0 fully saturated rings. The van der Waals surface area contributed by atoms with E-state index >= 15 is 0 Å². The van der Waals surface area contributed by atoms with Crippen LogP contribution in [-0.4, -0.2) is 29.3 Å². The van der Waals surface area contributed by atoms with Crippen molar-refractivity contribution in [2.24, 2.45) is 0 Å². The Morgan fingerprint density at radius 2 is 1.63 bits per heavy atom. The molecule has 3 aromatic carbocycles. The van der Waals surface area contributed by atoms with Gasteiger partial charge in [0.15, 0.2) is 9.84 Å². The van der Waals surface area contributed by atoms with Gasteiger partial charge in [0.2, 0.25) is 0 Å². The number of hydrogen-bond donors (Lipinski definition) is 1. The van der Waals surface area contributed by atoms with Crippen LogP contribution in [0.4, 0.5) is 4.39 Å². The Morgan fingerprint density at radius 1 is 1.03 bits per heavy atom. The zero-order chi connectivity index (χ0) is 28.0. The average molecular weight is 576 g/mol. The molecular formula is C29H29Cl2FN2O3S. The van der Waals surface area contributed by atoms with Crippen molar-refractivity contribution in [3.63, 3.8) is 0 Å². The second kappa shape index (κ2) is 10.5. The van der Waals surface area contributed by atoms with Gasteiger partial charge in [-0.2, -0.15) is 0 Å². The summed E-state index contributed by atoms with van der Waals surface area (Å²) in [6.07, 6.45) is 2.98. The molecule has 200 valence electrons. The van der Waals surface area contributed by atoms with E-state index in [1.165, 1.54) is 12.1 Å². The van der Waals surface area contributed by atoms with Crippen molar-refractivity contribution < 1.29 is 17.9 Å². The molecule has 0 amide bonds. The van der Waals surface area contributed by atoms with Gasteiger partial charge in [-0.25, -0.2) is 17.8 Å². The molecule has 0 saturated heterocycles. The molecule has 0 aliphatic carbocycles. The van der Waals surface area contributed by atoms with Gasteiger partial charge in [-0.3, -0.25) is 0 Å². The lowest BCUT2D eigenvalue weighted by atomic mass is 9.83. The van der Waals surface area contributed by atoms with Gasteiger partial charge in [0, 0.05) is 39.3 Å². The van der Waals surface area contributed by atoms with E-state index in [0.717, 1.165) is 29.0 Å². The minimum atomic E-state index is -3.74. The third-order valence-corrected chi connectivity index (χ3v) is 8.45. The molecule has 0 unspecified atom stereocenters. The zero-order valence-corrected chi connectivity index (χ0v) is 24.1. The van der Waals surface area contributed by atoms with E-state index in [-0.39, 0.29) is 16.4 Å². The predicted molar refractivity (Wildman–Crippen MR) is 151 cm³/mol. The molecule has 0 spiro atoms. The fraction of sp³-hybridized carbons (Fsp3) is 0.276. The number of rotatable bonds is 7. The highest BCUT2D eigenvalue weighted by molar-refractivity contribution is 7.90. The number of aliphatic hydroxyl groups excluding tert-OH is 1. The molecule has 0 aliphatic heterocycles. The standard InChI is InChI=1S/C29H29Cl2FN2O3S/c1-17(2)25-15-34(28(33-25)29(3,4)27-22(30)7-6-8-23(27)31)20-11-9-18(10-12-20)19-13-24(32)21(16-35)26(14-19)38(5,36)37/h6-15,17,35H,16H2,1-5H3. The van der Waals surface area contributed by atoms with Crippen LogP contribution in [-0.2, 0) is 21.9 Å². The largest absolute Gasteiger partial charge is 0.392 e. The maximum atomic E-state index is 14.7. The van der Waals surface area contributed by atoms with E-state index in [4.69, 9.17) is 28.2 Å². The number of hydrogen-bond acceptors (Lipinski definition) is 4. The maximum absolute atomic E-state index is 14.7. The smallest absolute Gasteiger partial charge is 0.176 e. The fourth-order valence-corrected chi connectivity index (χ4v) is 6.42. The Morgan fingerprint density at radius 3 is 2.16 bits per heavy atom. The maximum Gasteiger partial charge on any atom is 0.176 e. The van der Waals surface area contributed by atoms with Crippen LogP contribution < -0.4 is 0 Å². The van der Waals surface area contributed by atoms with Crippen molar-refractivity contribution in [1.82, 2.24) is 9.55 Å². The van der Waals surface area contributed by atoms with Crippen LogP contribution in [0.3, 0.4) is 0 Å². The number of aliphatic hydroxyl groups is 1. The van der Waals surface area contributed by atoms with Gasteiger partial charge < -0.3 is 9.67 Å². The summed E-state index contributed by atoms with van der Waals surface area (Å²) >= 11 is 13.2. The summed E-state index contributed by atoms with van der Waals surface area (Å²) in [5.74, 6) is 0.155. The normalized spacial score (nSPS) is 12.4. The Labute approximate surface area is 232 Å². The van der Waals surface area contributed by atoms with Gasteiger partial charge in [-0.05, 0) is 67.3 Å². The molecule has 0 saturated carbocycles. The van der Waals surface area contributed by atoms with Crippen molar-refractivity contribution in [3.05, 3.63) is 99.3 Å². The molecule has 9 heteroatoms. The third-order valence-electron chi connectivity index (χ3n) is 6.65. The molecule has 38 heavy (non-hydrogen) atoms. The quantitative estimate of drug-likeness (QED) is 0.251. The highest BCUT2D eigenvalue weighted by atomic mass is 35.5. The number of aromatic nitrogens is 2. The van der Waals surface area contributed by atoms with Gasteiger partial charge >= 0.3 is 0 Å². The van der Waals surface area contributed by atoms with E-state index in [0.29, 0.717) is 21.2 Å². The predicted octanol–water partition coefficient (Wildman–Crippen LogP) is 7.33. The van der Waals surface area contributed by atoms with E-state index < -0.39 is 27.7 Å². The van der Waals surface area contributed by atoms with Gasteiger partial charge in [0.05, 0.1) is 22.6 Å². The van der Waals surface area contributed by atoms with Crippen LogP contribution in [0.25, 0.3) is 16.8 Å². The second-order valence-corrected chi connectivity index (χ2v) is 12.9. The summed E-state index contributed by atoms with van der Waals surface area (Å²) in [5, 5.41) is 10.6. The first-order valence-electron chi connectivity index (χ1n) is 12.0. The third kappa shape index (κ3) is 5.25. The van der Waals surface area contributed by atoms with Crippen molar-refractivity contribution >= 4 is 33.0 Å². The molecule has 0 atom stereocenters. The molecule has 0 radical (unpaired) electrons. The van der Waals surface area contributed by atoms with Crippen LogP contribution in [0.1, 0.15) is 56.3 Å². The number of sulfone groups is 1. The minimum absolute atomic E-state index is 0.175. The first-order chi connectivity index (χ1) is 17.8. The first kappa shape index (κ1) is 28.3. The van der Waals surface area contributed by atoms with Crippen molar-refractivity contribution in [2.75, 3.05) is 6.26 Å². The average Bonchev–Trinajstić information content (AvgIpc) is 3.30. The second-order valence-electron chi connectivity index (χ2n) is 10.1. The minimum Gasteiger partial charge on any atom is -0.392 e. The molecule has 1 aromatic heterocycles. The zero-order valence-electron chi connectivity index (χ0n) is 21.8. The van der Waals surface area contributed by atoms with Crippen LogP contribution in [0.5, 0.6) is 0 Å². The summed E-state index contributed by atoms with van der Waals surface area (Å²) < 4.78 is 41.2. The van der Waals surface area contributed by atoms with E-state index in [1.807, 2.05) is 48.9 Å². The Kier molecular flexibility index (Phi) is 7.79. The van der Waals surface area contributed by atoms with Crippen LogP contribution >= 0.6 is 23.2 Å². The summed E-state index contributed by atoms with van der Waals surface area (Å²) in [4.78, 5) is 4.75. The monoisotopic (exact) mass is 574 g/mol. The van der Waals surface area contributed by atoms with Crippen LogP contribution in [0, 0.1) is 5.82 Å². The van der Waals surface area contributed by atoms with E-state index in [9.17, 15) is 17.9 Å². The number of nitrogens with zero attached hydrogens (tertiary/aromatic N) is 2. The van der Waals surface area contributed by atoms with E-state index in [2.05, 4.69) is 13.8 Å². The lowest BCUT2D eigenvalue weighted by molar-refractivity contribution is 0.272. The topological polar surface area (TPSA) is 72.2 Å². The number of imidazole rings is 1. The van der Waals surface area contributed by atoms with Gasteiger partial charge in [0.1, 0.15) is 11.6 Å². The lowest BCUT2D eigenvalue weighted by Gasteiger charge is -2.28. The first-order valence-corrected chi connectivity index (χ1v) is 14.7. The van der Waals surface area contributed by atoms with Crippen LogP contribution in [0.2, 0.25) is 10.0 Å². The van der Waals surface area contributed by atoms with Crippen molar-refractivity contribution in [2.45, 2.75) is 50.5 Å². The number of halogens is 3. The van der Waals surface area contributed by atoms with Crippen LogP contribution in [0.15, 0.2) is 65.7 Å². The molecule has 5 nitrogen and oxygen atoms in total. The molecule has 1 heterocycles. The van der Waals surface area contributed by atoms with Crippen molar-refractivity contribution in [3.8, 4) is 16.8 Å². The Balaban J connectivity index is 1.84. The van der Waals surface area contributed by atoms with Gasteiger partial charge in [0.25, 0.3) is 0 Å². The molecule has 0 aliphatic rings.